The van der Waals surface area contributed by atoms with E-state index in [0.717, 1.165) is 38.9 Å². The Bertz CT molecular complexity index is 582. The zero-order valence-corrected chi connectivity index (χ0v) is 13.9. The number of nitrogens with zero attached hydrogens (tertiary/aromatic N) is 2. The minimum Gasteiger partial charge on any atom is -0.508 e. The van der Waals surface area contributed by atoms with Crippen molar-refractivity contribution in [3.63, 3.8) is 0 Å². The van der Waals surface area contributed by atoms with Gasteiger partial charge in [0.15, 0.2) is 0 Å². The van der Waals surface area contributed by atoms with E-state index >= 15 is 0 Å². The minimum absolute atomic E-state index is 0.0198. The van der Waals surface area contributed by atoms with Crippen molar-refractivity contribution < 1.29 is 14.7 Å². The van der Waals surface area contributed by atoms with Gasteiger partial charge in [0, 0.05) is 25.3 Å². The number of anilines is 1. The van der Waals surface area contributed by atoms with Gasteiger partial charge in [0.25, 0.3) is 0 Å². The van der Waals surface area contributed by atoms with Crippen LogP contribution in [0.5, 0.6) is 5.75 Å². The molecule has 2 fully saturated rings. The van der Waals surface area contributed by atoms with E-state index in [1.54, 1.807) is 24.3 Å². The molecule has 1 unspecified atom stereocenters. The quantitative estimate of drug-likeness (QED) is 0.823. The van der Waals surface area contributed by atoms with Crippen LogP contribution in [0.4, 0.5) is 5.69 Å². The maximum absolute atomic E-state index is 12.3. The van der Waals surface area contributed by atoms with Crippen LogP contribution in [-0.2, 0) is 9.59 Å². The summed E-state index contributed by atoms with van der Waals surface area (Å²) in [4.78, 5) is 28.7. The SMILES string of the molecule is O=C(Nc1ccc(O)cc1)C1CCN(CC(=O)N2CCCCC2)C1. The van der Waals surface area contributed by atoms with Crippen molar-refractivity contribution in [3.8, 4) is 5.75 Å². The second-order valence-corrected chi connectivity index (χ2v) is 6.70. The van der Waals surface area contributed by atoms with Crippen molar-refractivity contribution in [2.45, 2.75) is 25.7 Å². The van der Waals surface area contributed by atoms with Crippen molar-refractivity contribution >= 4 is 17.5 Å². The smallest absolute Gasteiger partial charge is 0.236 e. The number of carbonyl (C=O) groups excluding carboxylic acids is 2. The van der Waals surface area contributed by atoms with E-state index in [0.29, 0.717) is 18.8 Å². The predicted molar refractivity (Wildman–Crippen MR) is 91.7 cm³/mol. The van der Waals surface area contributed by atoms with Gasteiger partial charge in [-0.2, -0.15) is 0 Å². The van der Waals surface area contributed by atoms with Crippen molar-refractivity contribution in [2.75, 3.05) is 38.0 Å². The van der Waals surface area contributed by atoms with Crippen LogP contribution in [-0.4, -0.2) is 59.4 Å². The lowest BCUT2D eigenvalue weighted by molar-refractivity contribution is -0.133. The number of likely N-dealkylation sites (tertiary alicyclic amines) is 2. The summed E-state index contributed by atoms with van der Waals surface area (Å²) in [5.74, 6) is 0.257. The molecule has 2 saturated heterocycles. The standard InChI is InChI=1S/C18H25N3O3/c22-16-6-4-15(5-7-16)19-18(24)14-8-11-20(12-14)13-17(23)21-9-2-1-3-10-21/h4-7,14,22H,1-3,8-13H2,(H,19,24). The maximum Gasteiger partial charge on any atom is 0.236 e. The van der Waals surface area contributed by atoms with Gasteiger partial charge in [0.05, 0.1) is 12.5 Å². The lowest BCUT2D eigenvalue weighted by atomic mass is 10.1. The van der Waals surface area contributed by atoms with Crippen molar-refractivity contribution in [1.82, 2.24) is 9.80 Å². The number of amides is 2. The van der Waals surface area contributed by atoms with Crippen LogP contribution in [0.1, 0.15) is 25.7 Å². The van der Waals surface area contributed by atoms with Crippen LogP contribution < -0.4 is 5.32 Å². The Kier molecular flexibility index (Phi) is 5.35. The van der Waals surface area contributed by atoms with Crippen LogP contribution in [0.25, 0.3) is 0 Å². The van der Waals surface area contributed by atoms with E-state index in [1.165, 1.54) is 6.42 Å². The largest absolute Gasteiger partial charge is 0.508 e. The zero-order chi connectivity index (χ0) is 16.9. The summed E-state index contributed by atoms with van der Waals surface area (Å²) in [6.07, 6.45) is 4.19. The van der Waals surface area contributed by atoms with Gasteiger partial charge in [-0.1, -0.05) is 0 Å². The number of piperidine rings is 1. The Morgan fingerprint density at radius 2 is 1.79 bits per heavy atom. The van der Waals surface area contributed by atoms with Gasteiger partial charge in [0.2, 0.25) is 11.8 Å². The molecule has 130 valence electrons. The molecule has 3 rings (SSSR count). The first kappa shape index (κ1) is 16.8. The van der Waals surface area contributed by atoms with Crippen molar-refractivity contribution in [2.24, 2.45) is 5.92 Å². The maximum atomic E-state index is 12.3. The molecule has 0 saturated carbocycles. The zero-order valence-electron chi connectivity index (χ0n) is 13.9. The lowest BCUT2D eigenvalue weighted by Gasteiger charge is -2.28. The summed E-state index contributed by atoms with van der Waals surface area (Å²) in [6, 6.07) is 6.46. The summed E-state index contributed by atoms with van der Waals surface area (Å²) in [7, 11) is 0. The highest BCUT2D eigenvalue weighted by Crippen LogP contribution is 2.20. The molecular weight excluding hydrogens is 306 g/mol. The van der Waals surface area contributed by atoms with Gasteiger partial charge in [-0.15, -0.1) is 0 Å². The molecule has 6 heteroatoms. The Labute approximate surface area is 142 Å². The summed E-state index contributed by atoms with van der Waals surface area (Å²) in [5.41, 5.74) is 0.681. The molecule has 2 amide bonds. The Balaban J connectivity index is 1.46. The third-order valence-corrected chi connectivity index (χ3v) is 4.85. The molecule has 0 aromatic heterocycles. The molecule has 0 spiro atoms. The molecule has 2 aliphatic rings. The highest BCUT2D eigenvalue weighted by Gasteiger charge is 2.30. The fourth-order valence-electron chi connectivity index (χ4n) is 3.41. The minimum atomic E-state index is -0.0899. The van der Waals surface area contributed by atoms with Gasteiger partial charge in [-0.3, -0.25) is 14.5 Å². The normalized spacial score (nSPS) is 21.7. The first-order valence-corrected chi connectivity index (χ1v) is 8.72. The number of rotatable bonds is 4. The Morgan fingerprint density at radius 1 is 1.08 bits per heavy atom. The van der Waals surface area contributed by atoms with Crippen molar-refractivity contribution in [3.05, 3.63) is 24.3 Å². The van der Waals surface area contributed by atoms with Crippen molar-refractivity contribution in [1.29, 1.82) is 0 Å². The lowest BCUT2D eigenvalue weighted by Crippen LogP contribution is -2.42. The molecule has 24 heavy (non-hydrogen) atoms. The summed E-state index contributed by atoms with van der Waals surface area (Å²) in [6.45, 7) is 3.58. The second-order valence-electron chi connectivity index (χ2n) is 6.70. The average Bonchev–Trinajstić information content (AvgIpc) is 3.06. The summed E-state index contributed by atoms with van der Waals surface area (Å²) < 4.78 is 0. The molecule has 1 aromatic carbocycles. The fraction of sp³-hybridized carbons (Fsp3) is 0.556. The molecule has 2 heterocycles. The summed E-state index contributed by atoms with van der Waals surface area (Å²) >= 11 is 0. The number of aromatic hydroxyl groups is 1. The van der Waals surface area contributed by atoms with Gasteiger partial charge in [-0.25, -0.2) is 0 Å². The van der Waals surface area contributed by atoms with Gasteiger partial charge < -0.3 is 15.3 Å². The molecule has 1 atom stereocenters. The molecular formula is C18H25N3O3. The molecule has 0 bridgehead atoms. The van der Waals surface area contributed by atoms with Crippen LogP contribution in [0, 0.1) is 5.92 Å². The molecule has 0 aliphatic carbocycles. The molecule has 2 N–H and O–H groups in total. The first-order valence-electron chi connectivity index (χ1n) is 8.72. The van der Waals surface area contributed by atoms with Crippen LogP contribution in [0.2, 0.25) is 0 Å². The third kappa shape index (κ3) is 4.26. The van der Waals surface area contributed by atoms with Crippen LogP contribution >= 0.6 is 0 Å². The molecule has 6 nitrogen and oxygen atoms in total. The van der Waals surface area contributed by atoms with E-state index in [-0.39, 0.29) is 23.5 Å². The number of benzene rings is 1. The predicted octanol–water partition coefficient (Wildman–Crippen LogP) is 1.67. The average molecular weight is 331 g/mol. The van der Waals surface area contributed by atoms with Crippen LogP contribution in [0.15, 0.2) is 24.3 Å². The number of nitrogens with one attached hydrogen (secondary N) is 1. The van der Waals surface area contributed by atoms with E-state index in [4.69, 9.17) is 0 Å². The number of phenolic OH excluding ortho intramolecular Hbond substituents is 1. The monoisotopic (exact) mass is 331 g/mol. The molecule has 2 aliphatic heterocycles. The van der Waals surface area contributed by atoms with Gasteiger partial charge >= 0.3 is 0 Å². The van der Waals surface area contributed by atoms with Gasteiger partial charge in [0.1, 0.15) is 5.75 Å². The number of carbonyl (C=O) groups is 2. The van der Waals surface area contributed by atoms with E-state index < -0.39 is 0 Å². The number of phenols is 1. The number of hydrogen-bond acceptors (Lipinski definition) is 4. The summed E-state index contributed by atoms with van der Waals surface area (Å²) in [5, 5.41) is 12.1. The Hall–Kier alpha value is -2.08. The van der Waals surface area contributed by atoms with E-state index in [1.807, 2.05) is 4.90 Å². The molecule has 1 aromatic rings. The first-order chi connectivity index (χ1) is 11.6. The second kappa shape index (κ2) is 7.66. The topological polar surface area (TPSA) is 72.9 Å². The Morgan fingerprint density at radius 3 is 2.50 bits per heavy atom. The highest BCUT2D eigenvalue weighted by atomic mass is 16.3. The molecule has 0 radical (unpaired) electrons. The highest BCUT2D eigenvalue weighted by molar-refractivity contribution is 5.93. The third-order valence-electron chi connectivity index (χ3n) is 4.85. The van der Waals surface area contributed by atoms with E-state index in [2.05, 4.69) is 10.2 Å². The number of hydrogen-bond donors (Lipinski definition) is 2. The fourth-order valence-corrected chi connectivity index (χ4v) is 3.41. The van der Waals surface area contributed by atoms with Crippen LogP contribution in [0.3, 0.4) is 0 Å². The van der Waals surface area contributed by atoms with Gasteiger partial charge in [-0.05, 0) is 56.5 Å². The van der Waals surface area contributed by atoms with E-state index in [9.17, 15) is 14.7 Å².